The smallest absolute Gasteiger partial charge is 0.338 e. The average Bonchev–Trinajstić information content (AvgIpc) is 3.01. The number of rotatable bonds is 6. The highest BCUT2D eigenvalue weighted by molar-refractivity contribution is 5.95. The number of nitrogens with one attached hydrogen (secondary N) is 1. The minimum atomic E-state index is -0.543. The van der Waals surface area contributed by atoms with Gasteiger partial charge in [-0.15, -0.1) is 0 Å². The molecule has 0 aliphatic rings. The van der Waals surface area contributed by atoms with E-state index in [0.717, 1.165) is 23.4 Å². The summed E-state index contributed by atoms with van der Waals surface area (Å²) in [6.45, 7) is 7.44. The van der Waals surface area contributed by atoms with E-state index in [0.29, 0.717) is 11.1 Å². The number of esters is 1. The molecule has 3 aromatic rings. The van der Waals surface area contributed by atoms with Crippen LogP contribution < -0.4 is 5.32 Å². The number of carbonyl (C=O) groups excluding carboxylic acids is 2. The Morgan fingerprint density at radius 1 is 1.14 bits per heavy atom. The summed E-state index contributed by atoms with van der Waals surface area (Å²) in [4.78, 5) is 28.9. The lowest BCUT2D eigenvalue weighted by Crippen LogP contribution is -2.44. The molecule has 1 aromatic heterocycles. The first-order valence-electron chi connectivity index (χ1n) is 9.33. The Kier molecular flexibility index (Phi) is 5.49. The van der Waals surface area contributed by atoms with Crippen LogP contribution in [0.3, 0.4) is 0 Å². The van der Waals surface area contributed by atoms with E-state index in [2.05, 4.69) is 10.3 Å². The third kappa shape index (κ3) is 4.22. The minimum Gasteiger partial charge on any atom is -0.452 e. The molecule has 0 fully saturated rings. The number of hydrogen-bond donors (Lipinski definition) is 1. The van der Waals surface area contributed by atoms with Crippen molar-refractivity contribution in [1.29, 1.82) is 0 Å². The van der Waals surface area contributed by atoms with Gasteiger partial charge in [0.25, 0.3) is 5.91 Å². The SMILES string of the molecule is CCC(C)(C)NC(=O)COC(=O)c1ccc2c(c1)nc(C)n2-c1ccccc1. The van der Waals surface area contributed by atoms with Gasteiger partial charge in [-0.1, -0.05) is 25.1 Å². The summed E-state index contributed by atoms with van der Waals surface area (Å²) < 4.78 is 7.20. The molecule has 146 valence electrons. The quantitative estimate of drug-likeness (QED) is 0.661. The first kappa shape index (κ1) is 19.6. The van der Waals surface area contributed by atoms with Gasteiger partial charge in [-0.2, -0.15) is 0 Å². The van der Waals surface area contributed by atoms with Crippen molar-refractivity contribution >= 4 is 22.9 Å². The Balaban J connectivity index is 1.76. The molecule has 0 unspecified atom stereocenters. The molecular weight excluding hydrogens is 354 g/mol. The van der Waals surface area contributed by atoms with Gasteiger partial charge in [0.05, 0.1) is 16.6 Å². The minimum absolute atomic E-state index is 0.308. The van der Waals surface area contributed by atoms with Crippen LogP contribution in [0.25, 0.3) is 16.7 Å². The summed E-state index contributed by atoms with van der Waals surface area (Å²) in [5.41, 5.74) is 2.65. The van der Waals surface area contributed by atoms with Crippen molar-refractivity contribution in [2.45, 2.75) is 39.7 Å². The van der Waals surface area contributed by atoms with Gasteiger partial charge in [-0.05, 0) is 57.5 Å². The van der Waals surface area contributed by atoms with Gasteiger partial charge in [0, 0.05) is 11.2 Å². The fourth-order valence-electron chi connectivity index (χ4n) is 2.95. The zero-order valence-electron chi connectivity index (χ0n) is 16.7. The Hall–Kier alpha value is -3.15. The molecule has 6 heteroatoms. The van der Waals surface area contributed by atoms with Crippen molar-refractivity contribution in [2.24, 2.45) is 0 Å². The van der Waals surface area contributed by atoms with E-state index in [-0.39, 0.29) is 18.1 Å². The number of aromatic nitrogens is 2. The van der Waals surface area contributed by atoms with Crippen LogP contribution in [0, 0.1) is 6.92 Å². The molecule has 0 saturated carbocycles. The van der Waals surface area contributed by atoms with E-state index in [9.17, 15) is 9.59 Å². The summed E-state index contributed by atoms with van der Waals surface area (Å²) in [7, 11) is 0. The zero-order chi connectivity index (χ0) is 20.3. The van der Waals surface area contributed by atoms with E-state index >= 15 is 0 Å². The van der Waals surface area contributed by atoms with Gasteiger partial charge in [-0.3, -0.25) is 9.36 Å². The topological polar surface area (TPSA) is 73.2 Å². The van der Waals surface area contributed by atoms with Crippen molar-refractivity contribution in [3.63, 3.8) is 0 Å². The number of nitrogens with zero attached hydrogens (tertiary/aromatic N) is 2. The fourth-order valence-corrected chi connectivity index (χ4v) is 2.95. The highest BCUT2D eigenvalue weighted by Gasteiger charge is 2.19. The number of aryl methyl sites for hydroxylation is 1. The molecule has 28 heavy (non-hydrogen) atoms. The van der Waals surface area contributed by atoms with Crippen molar-refractivity contribution in [2.75, 3.05) is 6.61 Å². The van der Waals surface area contributed by atoms with E-state index < -0.39 is 5.97 Å². The second kappa shape index (κ2) is 7.84. The van der Waals surface area contributed by atoms with Crippen LogP contribution in [0.5, 0.6) is 0 Å². The molecule has 1 heterocycles. The summed E-state index contributed by atoms with van der Waals surface area (Å²) in [5.74, 6) is -0.0309. The third-order valence-corrected chi connectivity index (χ3v) is 4.77. The number of benzene rings is 2. The van der Waals surface area contributed by atoms with Gasteiger partial charge >= 0.3 is 5.97 Å². The average molecular weight is 379 g/mol. The Labute approximate surface area is 164 Å². The summed E-state index contributed by atoms with van der Waals surface area (Å²) in [5, 5.41) is 2.84. The van der Waals surface area contributed by atoms with Gasteiger partial charge in [0.2, 0.25) is 0 Å². The highest BCUT2D eigenvalue weighted by Crippen LogP contribution is 2.22. The Morgan fingerprint density at radius 2 is 1.86 bits per heavy atom. The maximum Gasteiger partial charge on any atom is 0.338 e. The van der Waals surface area contributed by atoms with Gasteiger partial charge in [0.1, 0.15) is 5.82 Å². The molecule has 0 aliphatic carbocycles. The largest absolute Gasteiger partial charge is 0.452 e. The van der Waals surface area contributed by atoms with Crippen LogP contribution in [0.15, 0.2) is 48.5 Å². The number of hydrogen-bond acceptors (Lipinski definition) is 4. The first-order valence-corrected chi connectivity index (χ1v) is 9.33. The maximum atomic E-state index is 12.4. The molecule has 6 nitrogen and oxygen atoms in total. The standard InChI is InChI=1S/C22H25N3O3/c1-5-22(3,4)24-20(26)14-28-21(27)16-11-12-19-18(13-16)23-15(2)25(19)17-9-7-6-8-10-17/h6-13H,5,14H2,1-4H3,(H,24,26). The predicted octanol–water partition coefficient (Wildman–Crippen LogP) is 3.80. The summed E-state index contributed by atoms with van der Waals surface area (Å²) >= 11 is 0. The molecule has 0 saturated heterocycles. The van der Waals surface area contributed by atoms with Crippen LogP contribution in [0.2, 0.25) is 0 Å². The number of para-hydroxylation sites is 1. The van der Waals surface area contributed by atoms with Crippen molar-refractivity contribution in [3.8, 4) is 5.69 Å². The van der Waals surface area contributed by atoms with Crippen molar-refractivity contribution < 1.29 is 14.3 Å². The van der Waals surface area contributed by atoms with E-state index in [1.54, 1.807) is 12.1 Å². The second-order valence-corrected chi connectivity index (χ2v) is 7.40. The fraction of sp³-hybridized carbons (Fsp3) is 0.318. The van der Waals surface area contributed by atoms with E-state index in [4.69, 9.17) is 4.74 Å². The molecule has 2 aromatic carbocycles. The number of carbonyl (C=O) groups is 2. The molecule has 3 rings (SSSR count). The first-order chi connectivity index (χ1) is 13.3. The number of amides is 1. The Morgan fingerprint density at radius 3 is 2.54 bits per heavy atom. The van der Waals surface area contributed by atoms with Crippen molar-refractivity contribution in [1.82, 2.24) is 14.9 Å². The predicted molar refractivity (Wildman–Crippen MR) is 109 cm³/mol. The van der Waals surface area contributed by atoms with E-state index in [1.807, 2.05) is 68.7 Å². The van der Waals surface area contributed by atoms with Crippen LogP contribution in [-0.4, -0.2) is 33.6 Å². The molecule has 0 aliphatic heterocycles. The summed E-state index contributed by atoms with van der Waals surface area (Å²) in [6, 6.07) is 15.1. The lowest BCUT2D eigenvalue weighted by molar-refractivity contribution is -0.125. The molecule has 0 bridgehead atoms. The molecule has 1 N–H and O–H groups in total. The lowest BCUT2D eigenvalue weighted by atomic mass is 10.0. The molecule has 1 amide bonds. The van der Waals surface area contributed by atoms with Gasteiger partial charge in [0.15, 0.2) is 6.61 Å². The zero-order valence-corrected chi connectivity index (χ0v) is 16.7. The molecule has 0 radical (unpaired) electrons. The maximum absolute atomic E-state index is 12.4. The van der Waals surface area contributed by atoms with Crippen LogP contribution in [-0.2, 0) is 9.53 Å². The second-order valence-electron chi connectivity index (χ2n) is 7.40. The lowest BCUT2D eigenvalue weighted by Gasteiger charge is -2.24. The van der Waals surface area contributed by atoms with Crippen LogP contribution in [0.1, 0.15) is 43.4 Å². The Bertz CT molecular complexity index is 1010. The van der Waals surface area contributed by atoms with E-state index in [1.165, 1.54) is 0 Å². The highest BCUT2D eigenvalue weighted by atomic mass is 16.5. The summed E-state index contributed by atoms with van der Waals surface area (Å²) in [6.07, 6.45) is 0.785. The third-order valence-electron chi connectivity index (χ3n) is 4.77. The molecule has 0 atom stereocenters. The van der Waals surface area contributed by atoms with Crippen LogP contribution >= 0.6 is 0 Å². The molecular formula is C22H25N3O3. The number of ether oxygens (including phenoxy) is 1. The number of fused-ring (bicyclic) bond motifs is 1. The van der Waals surface area contributed by atoms with Gasteiger partial charge < -0.3 is 10.1 Å². The molecule has 0 spiro atoms. The number of imidazole rings is 1. The normalized spacial score (nSPS) is 11.4. The van der Waals surface area contributed by atoms with Crippen molar-refractivity contribution in [3.05, 3.63) is 59.9 Å². The van der Waals surface area contributed by atoms with Crippen LogP contribution in [0.4, 0.5) is 0 Å². The monoisotopic (exact) mass is 379 g/mol. The van der Waals surface area contributed by atoms with Gasteiger partial charge in [-0.25, -0.2) is 9.78 Å².